The molecule has 0 aliphatic carbocycles. The van der Waals surface area contributed by atoms with E-state index in [0.717, 1.165) is 45.4 Å². The van der Waals surface area contributed by atoms with Crippen molar-refractivity contribution in [1.29, 1.82) is 0 Å². The standard InChI is InChI=1S/C17H23NO4/c1-22-11-9-13-4-2-3-10-18(12-13)16(19)14-5-7-15(8-6-14)17(20)21/h5-8,13H,2-4,9-12H2,1H3,(H,20,21)/t13-/m1/s1. The van der Waals surface area contributed by atoms with Crippen LogP contribution in [0.25, 0.3) is 0 Å². The number of nitrogens with zero attached hydrogens (tertiary/aromatic N) is 1. The van der Waals surface area contributed by atoms with E-state index in [1.165, 1.54) is 12.1 Å². The highest BCUT2D eigenvalue weighted by Crippen LogP contribution is 2.21. The Morgan fingerprint density at radius 2 is 1.91 bits per heavy atom. The van der Waals surface area contributed by atoms with Gasteiger partial charge in [0.2, 0.25) is 0 Å². The van der Waals surface area contributed by atoms with Crippen LogP contribution in [-0.2, 0) is 4.74 Å². The molecule has 5 heteroatoms. The van der Waals surface area contributed by atoms with Crippen molar-refractivity contribution in [2.75, 3.05) is 26.8 Å². The number of hydrogen-bond acceptors (Lipinski definition) is 3. The van der Waals surface area contributed by atoms with Crippen LogP contribution in [0.2, 0.25) is 0 Å². The molecule has 5 nitrogen and oxygen atoms in total. The predicted octanol–water partition coefficient (Wildman–Crippen LogP) is 2.66. The second-order valence-corrected chi connectivity index (χ2v) is 5.78. The van der Waals surface area contributed by atoms with Crippen LogP contribution >= 0.6 is 0 Å². The Kier molecular flexibility index (Phi) is 5.95. The minimum atomic E-state index is -0.978. The summed E-state index contributed by atoms with van der Waals surface area (Å²) in [6, 6.07) is 6.16. The van der Waals surface area contributed by atoms with E-state index in [-0.39, 0.29) is 11.5 Å². The molecule has 1 aromatic carbocycles. The van der Waals surface area contributed by atoms with Crippen molar-refractivity contribution >= 4 is 11.9 Å². The van der Waals surface area contributed by atoms with Gasteiger partial charge in [0.1, 0.15) is 0 Å². The van der Waals surface area contributed by atoms with Gasteiger partial charge in [-0.05, 0) is 49.4 Å². The number of likely N-dealkylation sites (tertiary alicyclic amines) is 1. The van der Waals surface area contributed by atoms with E-state index >= 15 is 0 Å². The van der Waals surface area contributed by atoms with Gasteiger partial charge in [0.25, 0.3) is 5.91 Å². The summed E-state index contributed by atoms with van der Waals surface area (Å²) in [4.78, 5) is 25.4. The molecular weight excluding hydrogens is 282 g/mol. The molecule has 1 amide bonds. The number of methoxy groups -OCH3 is 1. The van der Waals surface area contributed by atoms with Crippen LogP contribution in [0, 0.1) is 5.92 Å². The zero-order valence-electron chi connectivity index (χ0n) is 13.0. The van der Waals surface area contributed by atoms with Gasteiger partial charge in [-0.3, -0.25) is 4.79 Å². The van der Waals surface area contributed by atoms with Gasteiger partial charge in [0.15, 0.2) is 0 Å². The number of aromatic carboxylic acids is 1. The van der Waals surface area contributed by atoms with Gasteiger partial charge >= 0.3 is 5.97 Å². The number of ether oxygens (including phenoxy) is 1. The molecule has 1 heterocycles. The molecule has 0 aromatic heterocycles. The molecule has 0 saturated carbocycles. The summed E-state index contributed by atoms with van der Waals surface area (Å²) >= 11 is 0. The number of benzene rings is 1. The van der Waals surface area contributed by atoms with Crippen LogP contribution in [0.1, 0.15) is 46.4 Å². The summed E-state index contributed by atoms with van der Waals surface area (Å²) in [6.07, 6.45) is 4.25. The maximum absolute atomic E-state index is 12.6. The molecule has 1 aromatic rings. The first kappa shape index (κ1) is 16.5. The minimum absolute atomic E-state index is 0.0127. The Balaban J connectivity index is 2.04. The predicted molar refractivity (Wildman–Crippen MR) is 83.1 cm³/mol. The average Bonchev–Trinajstić information content (AvgIpc) is 2.78. The largest absolute Gasteiger partial charge is 0.478 e. The summed E-state index contributed by atoms with van der Waals surface area (Å²) in [5.41, 5.74) is 0.753. The first-order chi connectivity index (χ1) is 10.6. The van der Waals surface area contributed by atoms with Crippen molar-refractivity contribution in [3.05, 3.63) is 35.4 Å². The summed E-state index contributed by atoms with van der Waals surface area (Å²) < 4.78 is 5.14. The van der Waals surface area contributed by atoms with E-state index in [0.29, 0.717) is 11.5 Å². The van der Waals surface area contributed by atoms with Crippen LogP contribution in [0.4, 0.5) is 0 Å². The molecule has 0 unspecified atom stereocenters. The molecule has 0 radical (unpaired) electrons. The van der Waals surface area contributed by atoms with E-state index < -0.39 is 5.97 Å². The third kappa shape index (κ3) is 4.31. The van der Waals surface area contributed by atoms with Crippen LogP contribution in [0.3, 0.4) is 0 Å². The Morgan fingerprint density at radius 1 is 1.23 bits per heavy atom. The van der Waals surface area contributed by atoms with E-state index in [4.69, 9.17) is 9.84 Å². The monoisotopic (exact) mass is 305 g/mol. The van der Waals surface area contributed by atoms with Gasteiger partial charge < -0.3 is 14.7 Å². The van der Waals surface area contributed by atoms with Crippen molar-refractivity contribution in [3.8, 4) is 0 Å². The maximum Gasteiger partial charge on any atom is 0.335 e. The highest BCUT2D eigenvalue weighted by Gasteiger charge is 2.23. The fourth-order valence-electron chi connectivity index (χ4n) is 2.87. The quantitative estimate of drug-likeness (QED) is 0.908. The highest BCUT2D eigenvalue weighted by atomic mass is 16.5. The first-order valence-electron chi connectivity index (χ1n) is 7.73. The zero-order valence-corrected chi connectivity index (χ0v) is 13.0. The van der Waals surface area contributed by atoms with E-state index in [2.05, 4.69) is 0 Å². The molecule has 120 valence electrons. The lowest BCUT2D eigenvalue weighted by Crippen LogP contribution is -2.35. The maximum atomic E-state index is 12.6. The number of hydrogen-bond donors (Lipinski definition) is 1. The fourth-order valence-corrected chi connectivity index (χ4v) is 2.87. The van der Waals surface area contributed by atoms with Crippen LogP contribution in [0.15, 0.2) is 24.3 Å². The zero-order chi connectivity index (χ0) is 15.9. The van der Waals surface area contributed by atoms with Gasteiger partial charge in [-0.25, -0.2) is 4.79 Å². The van der Waals surface area contributed by atoms with Crippen molar-refractivity contribution < 1.29 is 19.4 Å². The topological polar surface area (TPSA) is 66.8 Å². The van der Waals surface area contributed by atoms with E-state index in [1.54, 1.807) is 19.2 Å². The van der Waals surface area contributed by atoms with E-state index in [9.17, 15) is 9.59 Å². The first-order valence-corrected chi connectivity index (χ1v) is 7.73. The normalized spacial score (nSPS) is 18.8. The minimum Gasteiger partial charge on any atom is -0.478 e. The molecule has 1 fully saturated rings. The van der Waals surface area contributed by atoms with Crippen molar-refractivity contribution in [2.24, 2.45) is 5.92 Å². The summed E-state index contributed by atoms with van der Waals surface area (Å²) in [6.45, 7) is 2.24. The third-order valence-electron chi connectivity index (χ3n) is 4.17. The fraction of sp³-hybridized carbons (Fsp3) is 0.529. The van der Waals surface area contributed by atoms with Crippen molar-refractivity contribution in [1.82, 2.24) is 4.90 Å². The molecule has 1 aliphatic rings. The molecule has 1 atom stereocenters. The second kappa shape index (κ2) is 7.94. The number of carbonyl (C=O) groups excluding carboxylic acids is 1. The van der Waals surface area contributed by atoms with Gasteiger partial charge in [0, 0.05) is 32.4 Å². The summed E-state index contributed by atoms with van der Waals surface area (Å²) in [5, 5.41) is 8.91. The number of rotatable bonds is 5. The van der Waals surface area contributed by atoms with Crippen LogP contribution in [0.5, 0.6) is 0 Å². The average molecular weight is 305 g/mol. The Labute approximate surface area is 130 Å². The van der Waals surface area contributed by atoms with Crippen molar-refractivity contribution in [3.63, 3.8) is 0 Å². The lowest BCUT2D eigenvalue weighted by Gasteiger charge is -2.24. The van der Waals surface area contributed by atoms with E-state index in [1.807, 2.05) is 4.90 Å². The molecule has 2 rings (SSSR count). The molecule has 1 saturated heterocycles. The number of carbonyl (C=O) groups is 2. The molecule has 0 spiro atoms. The second-order valence-electron chi connectivity index (χ2n) is 5.78. The van der Waals surface area contributed by atoms with Gasteiger partial charge in [-0.2, -0.15) is 0 Å². The Hall–Kier alpha value is -1.88. The number of carboxylic acid groups (broad SMARTS) is 1. The van der Waals surface area contributed by atoms with Crippen LogP contribution < -0.4 is 0 Å². The van der Waals surface area contributed by atoms with Gasteiger partial charge in [-0.15, -0.1) is 0 Å². The summed E-state index contributed by atoms with van der Waals surface area (Å²) in [7, 11) is 1.70. The molecule has 1 N–H and O–H groups in total. The Bertz CT molecular complexity index is 512. The number of amides is 1. The van der Waals surface area contributed by atoms with Gasteiger partial charge in [-0.1, -0.05) is 6.42 Å². The molecule has 1 aliphatic heterocycles. The van der Waals surface area contributed by atoms with Crippen molar-refractivity contribution in [2.45, 2.75) is 25.7 Å². The summed E-state index contributed by atoms with van der Waals surface area (Å²) in [5.74, 6) is -0.514. The lowest BCUT2D eigenvalue weighted by molar-refractivity contribution is 0.0692. The molecule has 22 heavy (non-hydrogen) atoms. The smallest absolute Gasteiger partial charge is 0.335 e. The molecular formula is C17H23NO4. The SMILES string of the molecule is COCC[C@H]1CCCCN(C(=O)c2ccc(C(=O)O)cc2)C1. The lowest BCUT2D eigenvalue weighted by atomic mass is 10.00. The molecule has 0 bridgehead atoms. The van der Waals surface area contributed by atoms with Crippen LogP contribution in [-0.4, -0.2) is 48.7 Å². The highest BCUT2D eigenvalue weighted by molar-refractivity contribution is 5.95. The van der Waals surface area contributed by atoms with Gasteiger partial charge in [0.05, 0.1) is 5.56 Å². The third-order valence-corrected chi connectivity index (χ3v) is 4.17. The Morgan fingerprint density at radius 3 is 2.55 bits per heavy atom. The number of carboxylic acids is 1.